The van der Waals surface area contributed by atoms with E-state index in [1.165, 1.54) is 10.9 Å². The number of carboxylic acid groups (broad SMARTS) is 1. The van der Waals surface area contributed by atoms with Crippen molar-refractivity contribution in [2.24, 2.45) is 0 Å². The minimum absolute atomic E-state index is 0.0326. The fraction of sp³-hybridized carbons (Fsp3) is 0.304. The number of carbonyl (C=O) groups excluding carboxylic acids is 1. The molecule has 0 amide bonds. The molecule has 0 saturated heterocycles. The lowest BCUT2D eigenvalue weighted by atomic mass is 10.1. The number of unbranched alkanes of at least 4 members (excludes halogenated alkanes) is 1. The molecule has 0 radical (unpaired) electrons. The lowest BCUT2D eigenvalue weighted by Gasteiger charge is -2.05. The highest BCUT2D eigenvalue weighted by molar-refractivity contribution is 5.85. The lowest BCUT2D eigenvalue weighted by Crippen LogP contribution is -2.07. The Kier molecular flexibility index (Phi) is 6.43. The average Bonchev–Trinajstić information content (AvgIpc) is 3.42. The standard InChI is InChI=1S/C23H23N3O7/c1-14(23(29)30)4-2-3-9-31-22(28)8-6-15-5-7-16-17(10-15)25-26(24-16)18-11-20-21(12-19(18)27)33-13-32-20/h5,7,10-12,27H,1-4,6,8-9,13H2,(H,29,30). The van der Waals surface area contributed by atoms with Crippen molar-refractivity contribution in [1.82, 2.24) is 15.0 Å². The summed E-state index contributed by atoms with van der Waals surface area (Å²) in [6.07, 6.45) is 2.25. The van der Waals surface area contributed by atoms with Crippen molar-refractivity contribution in [2.75, 3.05) is 13.4 Å². The highest BCUT2D eigenvalue weighted by Gasteiger charge is 2.19. The molecule has 10 nitrogen and oxygen atoms in total. The minimum atomic E-state index is -1.00. The van der Waals surface area contributed by atoms with Gasteiger partial charge in [0, 0.05) is 24.1 Å². The van der Waals surface area contributed by atoms with Gasteiger partial charge < -0.3 is 24.4 Å². The van der Waals surface area contributed by atoms with Crippen LogP contribution in [0.2, 0.25) is 0 Å². The van der Waals surface area contributed by atoms with Crippen LogP contribution in [0, 0.1) is 0 Å². The van der Waals surface area contributed by atoms with Crippen LogP contribution in [0.15, 0.2) is 42.5 Å². The number of ether oxygens (including phenoxy) is 3. The molecule has 4 rings (SSSR count). The smallest absolute Gasteiger partial charge is 0.330 e. The van der Waals surface area contributed by atoms with Crippen LogP contribution < -0.4 is 9.47 Å². The number of aryl methyl sites for hydroxylation is 1. The van der Waals surface area contributed by atoms with Gasteiger partial charge in [-0.15, -0.1) is 15.0 Å². The summed E-state index contributed by atoms with van der Waals surface area (Å²) in [5.41, 5.74) is 2.69. The Morgan fingerprint density at radius 2 is 1.82 bits per heavy atom. The number of aromatic nitrogens is 3. The van der Waals surface area contributed by atoms with Crippen molar-refractivity contribution in [3.05, 3.63) is 48.0 Å². The molecule has 0 spiro atoms. The highest BCUT2D eigenvalue weighted by Crippen LogP contribution is 2.39. The first-order valence-corrected chi connectivity index (χ1v) is 10.5. The Morgan fingerprint density at radius 1 is 1.06 bits per heavy atom. The van der Waals surface area contributed by atoms with Crippen molar-refractivity contribution in [2.45, 2.75) is 32.1 Å². The Morgan fingerprint density at radius 3 is 2.61 bits per heavy atom. The summed E-state index contributed by atoms with van der Waals surface area (Å²) in [5.74, 6) is -0.379. The molecule has 0 fully saturated rings. The average molecular weight is 453 g/mol. The fourth-order valence-electron chi connectivity index (χ4n) is 3.36. The number of phenolic OH excluding ortho intramolecular Hbond substituents is 1. The van der Waals surface area contributed by atoms with E-state index in [2.05, 4.69) is 16.8 Å². The van der Waals surface area contributed by atoms with Crippen molar-refractivity contribution < 1.29 is 34.0 Å². The van der Waals surface area contributed by atoms with E-state index >= 15 is 0 Å². The quantitative estimate of drug-likeness (QED) is 0.270. The molecular weight excluding hydrogens is 430 g/mol. The first-order chi connectivity index (χ1) is 15.9. The zero-order valence-electron chi connectivity index (χ0n) is 17.8. The van der Waals surface area contributed by atoms with Gasteiger partial charge in [-0.1, -0.05) is 12.6 Å². The van der Waals surface area contributed by atoms with E-state index in [1.54, 1.807) is 12.1 Å². The Labute approximate surface area is 189 Å². The van der Waals surface area contributed by atoms with Crippen LogP contribution in [0.3, 0.4) is 0 Å². The molecule has 1 aliphatic heterocycles. The number of fused-ring (bicyclic) bond motifs is 2. The summed E-state index contributed by atoms with van der Waals surface area (Å²) in [5, 5.41) is 27.9. The van der Waals surface area contributed by atoms with E-state index in [0.717, 1.165) is 5.56 Å². The van der Waals surface area contributed by atoms with E-state index in [0.29, 0.717) is 53.9 Å². The molecular formula is C23H23N3O7. The van der Waals surface area contributed by atoms with Gasteiger partial charge in [0.05, 0.1) is 6.61 Å². The Hall–Kier alpha value is -4.08. The van der Waals surface area contributed by atoms with Gasteiger partial charge in [-0.25, -0.2) is 4.79 Å². The third-order valence-corrected chi connectivity index (χ3v) is 5.19. The number of hydrogen-bond donors (Lipinski definition) is 2. The number of carbonyl (C=O) groups is 2. The summed E-state index contributed by atoms with van der Waals surface area (Å²) in [4.78, 5) is 24.0. The van der Waals surface area contributed by atoms with E-state index in [1.807, 2.05) is 12.1 Å². The van der Waals surface area contributed by atoms with E-state index < -0.39 is 5.97 Å². The van der Waals surface area contributed by atoms with Crippen LogP contribution in [-0.2, 0) is 20.7 Å². The minimum Gasteiger partial charge on any atom is -0.505 e. The number of esters is 1. The molecule has 1 aliphatic rings. The lowest BCUT2D eigenvalue weighted by molar-refractivity contribution is -0.143. The largest absolute Gasteiger partial charge is 0.505 e. The second kappa shape index (κ2) is 9.60. The monoisotopic (exact) mass is 453 g/mol. The Balaban J connectivity index is 1.31. The van der Waals surface area contributed by atoms with Crippen LogP contribution in [0.4, 0.5) is 0 Å². The van der Waals surface area contributed by atoms with Gasteiger partial charge in [-0.3, -0.25) is 4.79 Å². The number of nitrogens with zero attached hydrogens (tertiary/aromatic N) is 3. The molecule has 2 N–H and O–H groups in total. The number of phenols is 1. The molecule has 33 heavy (non-hydrogen) atoms. The molecule has 2 heterocycles. The fourth-order valence-corrected chi connectivity index (χ4v) is 3.36. The molecule has 0 saturated carbocycles. The summed E-state index contributed by atoms with van der Waals surface area (Å²) < 4.78 is 15.8. The molecule has 0 atom stereocenters. The SMILES string of the molecule is C=C(CCCCOC(=O)CCc1ccc2nn(-c3cc4c(cc3O)OCO4)nc2c1)C(=O)O. The highest BCUT2D eigenvalue weighted by atomic mass is 16.7. The van der Waals surface area contributed by atoms with Crippen molar-refractivity contribution in [3.63, 3.8) is 0 Å². The predicted octanol–water partition coefficient (Wildman–Crippen LogP) is 3.14. The number of carboxylic acids is 1. The molecule has 1 aromatic heterocycles. The van der Waals surface area contributed by atoms with Gasteiger partial charge in [0.15, 0.2) is 11.5 Å². The van der Waals surface area contributed by atoms with E-state index in [9.17, 15) is 14.7 Å². The number of hydrogen-bond acceptors (Lipinski definition) is 8. The summed E-state index contributed by atoms with van der Waals surface area (Å²) >= 11 is 0. The second-order valence-corrected chi connectivity index (χ2v) is 7.59. The van der Waals surface area contributed by atoms with Gasteiger partial charge in [-0.05, 0) is 43.4 Å². The predicted molar refractivity (Wildman–Crippen MR) is 117 cm³/mol. The van der Waals surface area contributed by atoms with Gasteiger partial charge in [0.1, 0.15) is 22.5 Å². The molecule has 0 aliphatic carbocycles. The first kappa shape index (κ1) is 22.1. The maximum absolute atomic E-state index is 12.0. The van der Waals surface area contributed by atoms with Gasteiger partial charge in [-0.2, -0.15) is 0 Å². The van der Waals surface area contributed by atoms with Crippen LogP contribution in [0.1, 0.15) is 31.2 Å². The van der Waals surface area contributed by atoms with Gasteiger partial charge >= 0.3 is 11.9 Å². The van der Waals surface area contributed by atoms with Crippen LogP contribution in [0.5, 0.6) is 17.2 Å². The number of benzene rings is 2. The second-order valence-electron chi connectivity index (χ2n) is 7.59. The molecule has 0 unspecified atom stereocenters. The number of rotatable bonds is 10. The zero-order chi connectivity index (χ0) is 23.4. The Bertz CT molecular complexity index is 1220. The summed E-state index contributed by atoms with van der Waals surface area (Å²) in [7, 11) is 0. The molecule has 2 aromatic carbocycles. The maximum Gasteiger partial charge on any atom is 0.330 e. The maximum atomic E-state index is 12.0. The van der Waals surface area contributed by atoms with Gasteiger partial charge in [0.2, 0.25) is 6.79 Å². The normalized spacial score (nSPS) is 12.1. The van der Waals surface area contributed by atoms with E-state index in [-0.39, 0.29) is 37.1 Å². The van der Waals surface area contributed by atoms with Crippen molar-refractivity contribution in [1.29, 1.82) is 0 Å². The zero-order valence-corrected chi connectivity index (χ0v) is 17.8. The molecule has 0 bridgehead atoms. The van der Waals surface area contributed by atoms with Gasteiger partial charge in [0.25, 0.3) is 0 Å². The topological polar surface area (TPSA) is 133 Å². The first-order valence-electron chi connectivity index (χ1n) is 10.5. The third kappa shape index (κ3) is 5.22. The van der Waals surface area contributed by atoms with Crippen LogP contribution in [0.25, 0.3) is 16.7 Å². The molecule has 3 aromatic rings. The van der Waals surface area contributed by atoms with Crippen molar-refractivity contribution >= 4 is 23.0 Å². The number of aromatic hydroxyl groups is 1. The summed E-state index contributed by atoms with van der Waals surface area (Å²) in [6.45, 7) is 3.81. The number of aliphatic carboxylic acids is 1. The van der Waals surface area contributed by atoms with Crippen LogP contribution >= 0.6 is 0 Å². The third-order valence-electron chi connectivity index (χ3n) is 5.19. The van der Waals surface area contributed by atoms with E-state index in [4.69, 9.17) is 19.3 Å². The molecule has 10 heteroatoms. The van der Waals surface area contributed by atoms with Crippen LogP contribution in [-0.4, -0.2) is 50.5 Å². The summed E-state index contributed by atoms with van der Waals surface area (Å²) in [6, 6.07) is 8.59. The van der Waals surface area contributed by atoms with Crippen molar-refractivity contribution in [3.8, 4) is 22.9 Å². The molecule has 172 valence electrons.